The SMILES string of the molecule is CNC(c1cnc(C(F)(F)F)s1)c1ncc(Cl)cc1Cl. The summed E-state index contributed by atoms with van der Waals surface area (Å²) in [4.78, 5) is 7.83. The van der Waals surface area contributed by atoms with Gasteiger partial charge in [0.15, 0.2) is 5.01 Å². The molecule has 0 bridgehead atoms. The molecule has 2 rings (SSSR count). The lowest BCUT2D eigenvalue weighted by atomic mass is 10.1. The Morgan fingerprint density at radius 1 is 1.25 bits per heavy atom. The third kappa shape index (κ3) is 3.22. The van der Waals surface area contributed by atoms with Gasteiger partial charge in [0, 0.05) is 17.3 Å². The van der Waals surface area contributed by atoms with Crippen LogP contribution >= 0.6 is 34.5 Å². The molecule has 0 aliphatic rings. The first-order valence-corrected chi connectivity index (χ1v) is 6.91. The van der Waals surface area contributed by atoms with Gasteiger partial charge in [0.05, 0.1) is 21.8 Å². The summed E-state index contributed by atoms with van der Waals surface area (Å²) < 4.78 is 37.7. The quantitative estimate of drug-likeness (QED) is 0.910. The van der Waals surface area contributed by atoms with Crippen molar-refractivity contribution in [2.45, 2.75) is 12.2 Å². The second-order valence-electron chi connectivity index (χ2n) is 3.81. The Morgan fingerprint density at radius 3 is 2.45 bits per heavy atom. The number of pyridine rings is 1. The highest BCUT2D eigenvalue weighted by Crippen LogP contribution is 2.37. The van der Waals surface area contributed by atoms with Gasteiger partial charge >= 0.3 is 6.18 Å². The fraction of sp³-hybridized carbons (Fsp3) is 0.273. The van der Waals surface area contributed by atoms with Gasteiger partial charge in [0.25, 0.3) is 0 Å². The zero-order chi connectivity index (χ0) is 14.9. The van der Waals surface area contributed by atoms with Gasteiger partial charge in [-0.15, -0.1) is 11.3 Å². The summed E-state index contributed by atoms with van der Waals surface area (Å²) in [6.45, 7) is 0. The Balaban J connectivity index is 2.40. The smallest absolute Gasteiger partial charge is 0.307 e. The third-order valence-corrected chi connectivity index (χ3v) is 4.07. The first kappa shape index (κ1) is 15.5. The van der Waals surface area contributed by atoms with Crippen LogP contribution in [0.1, 0.15) is 21.6 Å². The summed E-state index contributed by atoms with van der Waals surface area (Å²) in [6, 6.07) is 0.912. The predicted molar refractivity (Wildman–Crippen MR) is 72.3 cm³/mol. The topological polar surface area (TPSA) is 37.8 Å². The number of aromatic nitrogens is 2. The molecule has 0 aliphatic heterocycles. The summed E-state index contributed by atoms with van der Waals surface area (Å²) in [7, 11) is 1.60. The maximum Gasteiger partial charge on any atom is 0.443 e. The van der Waals surface area contributed by atoms with Crippen molar-refractivity contribution in [2.24, 2.45) is 0 Å². The lowest BCUT2D eigenvalue weighted by Crippen LogP contribution is -2.18. The van der Waals surface area contributed by atoms with E-state index in [-0.39, 0.29) is 5.02 Å². The van der Waals surface area contributed by atoms with Crippen LogP contribution < -0.4 is 5.32 Å². The van der Waals surface area contributed by atoms with Crippen molar-refractivity contribution in [3.8, 4) is 0 Å². The molecule has 0 radical (unpaired) electrons. The molecule has 1 N–H and O–H groups in total. The van der Waals surface area contributed by atoms with Gasteiger partial charge < -0.3 is 5.32 Å². The molecular weight excluding hydrogens is 334 g/mol. The average molecular weight is 342 g/mol. The molecule has 1 atom stereocenters. The molecule has 20 heavy (non-hydrogen) atoms. The standard InChI is InChI=1S/C11H8Cl2F3N3S/c1-17-9(8-6(13)2-5(12)3-18-8)7-4-19-10(20-7)11(14,15)16/h2-4,9,17H,1H3. The summed E-state index contributed by atoms with van der Waals surface area (Å²) in [6.07, 6.45) is -1.90. The lowest BCUT2D eigenvalue weighted by Gasteiger charge is -2.15. The van der Waals surface area contributed by atoms with E-state index in [0.29, 0.717) is 26.9 Å². The minimum Gasteiger partial charge on any atom is -0.307 e. The van der Waals surface area contributed by atoms with E-state index < -0.39 is 17.2 Å². The number of hydrogen-bond acceptors (Lipinski definition) is 4. The summed E-state index contributed by atoms with van der Waals surface area (Å²) in [5, 5.41) is 2.60. The number of alkyl halides is 3. The van der Waals surface area contributed by atoms with E-state index in [0.717, 1.165) is 0 Å². The molecule has 0 amide bonds. The fourth-order valence-corrected chi connectivity index (χ4v) is 2.99. The number of nitrogens with zero attached hydrogens (tertiary/aromatic N) is 2. The molecule has 2 heterocycles. The van der Waals surface area contributed by atoms with Crippen molar-refractivity contribution in [3.63, 3.8) is 0 Å². The van der Waals surface area contributed by atoms with E-state index in [1.807, 2.05) is 0 Å². The van der Waals surface area contributed by atoms with Crippen LogP contribution in [0.3, 0.4) is 0 Å². The number of rotatable bonds is 3. The fourth-order valence-electron chi connectivity index (χ4n) is 1.60. The average Bonchev–Trinajstić information content (AvgIpc) is 2.82. The molecule has 1 unspecified atom stereocenters. The molecule has 0 spiro atoms. The van der Waals surface area contributed by atoms with E-state index in [2.05, 4.69) is 15.3 Å². The summed E-state index contributed by atoms with van der Waals surface area (Å²) in [5.74, 6) is 0. The summed E-state index contributed by atoms with van der Waals surface area (Å²) in [5.41, 5.74) is 0.399. The van der Waals surface area contributed by atoms with Crippen LogP contribution in [0.5, 0.6) is 0 Å². The van der Waals surface area contributed by atoms with Crippen molar-refractivity contribution >= 4 is 34.5 Å². The zero-order valence-corrected chi connectivity index (χ0v) is 12.3. The molecule has 108 valence electrons. The van der Waals surface area contributed by atoms with Crippen LogP contribution in [-0.2, 0) is 6.18 Å². The van der Waals surface area contributed by atoms with Gasteiger partial charge in [-0.3, -0.25) is 4.98 Å². The van der Waals surface area contributed by atoms with Gasteiger partial charge in [-0.25, -0.2) is 4.98 Å². The number of hydrogen-bond donors (Lipinski definition) is 1. The first-order chi connectivity index (χ1) is 9.32. The van der Waals surface area contributed by atoms with E-state index in [1.54, 1.807) is 7.05 Å². The molecule has 0 aromatic carbocycles. The minimum atomic E-state index is -4.46. The van der Waals surface area contributed by atoms with E-state index in [9.17, 15) is 13.2 Å². The normalized spacial score (nSPS) is 13.5. The Morgan fingerprint density at radius 2 is 1.95 bits per heavy atom. The second-order valence-corrected chi connectivity index (χ2v) is 5.71. The van der Waals surface area contributed by atoms with Crippen molar-refractivity contribution in [1.82, 2.24) is 15.3 Å². The van der Waals surface area contributed by atoms with Crippen LogP contribution in [0.25, 0.3) is 0 Å². The van der Waals surface area contributed by atoms with E-state index >= 15 is 0 Å². The molecule has 0 aliphatic carbocycles. The highest BCUT2D eigenvalue weighted by Gasteiger charge is 2.35. The largest absolute Gasteiger partial charge is 0.443 e. The summed E-state index contributed by atoms with van der Waals surface area (Å²) >= 11 is 12.3. The Kier molecular flexibility index (Phi) is 4.53. The molecule has 2 aromatic rings. The maximum absolute atomic E-state index is 12.6. The third-order valence-electron chi connectivity index (χ3n) is 2.45. The van der Waals surface area contributed by atoms with Crippen molar-refractivity contribution in [1.29, 1.82) is 0 Å². The molecule has 3 nitrogen and oxygen atoms in total. The van der Waals surface area contributed by atoms with Crippen LogP contribution in [0.15, 0.2) is 18.5 Å². The van der Waals surface area contributed by atoms with Crippen LogP contribution in [0.2, 0.25) is 10.0 Å². The van der Waals surface area contributed by atoms with Gasteiger partial charge in [0.1, 0.15) is 0 Å². The van der Waals surface area contributed by atoms with Crippen molar-refractivity contribution in [2.75, 3.05) is 7.05 Å². The van der Waals surface area contributed by atoms with Gasteiger partial charge in [-0.05, 0) is 13.1 Å². The highest BCUT2D eigenvalue weighted by molar-refractivity contribution is 7.11. The van der Waals surface area contributed by atoms with E-state index in [1.165, 1.54) is 18.5 Å². The lowest BCUT2D eigenvalue weighted by molar-refractivity contribution is -0.137. The van der Waals surface area contributed by atoms with Crippen molar-refractivity contribution in [3.05, 3.63) is 44.1 Å². The molecule has 0 fully saturated rings. The van der Waals surface area contributed by atoms with Gasteiger partial charge in [0.2, 0.25) is 0 Å². The van der Waals surface area contributed by atoms with Gasteiger partial charge in [-0.2, -0.15) is 13.2 Å². The Hall–Kier alpha value is -0.890. The number of thiazole rings is 1. The van der Waals surface area contributed by atoms with Crippen LogP contribution in [0.4, 0.5) is 13.2 Å². The number of nitrogens with one attached hydrogen (secondary N) is 1. The van der Waals surface area contributed by atoms with E-state index in [4.69, 9.17) is 23.2 Å². The maximum atomic E-state index is 12.6. The molecule has 0 saturated heterocycles. The monoisotopic (exact) mass is 341 g/mol. The number of halogens is 5. The molecule has 9 heteroatoms. The van der Waals surface area contributed by atoms with Crippen LogP contribution in [0, 0.1) is 0 Å². The first-order valence-electron chi connectivity index (χ1n) is 5.34. The minimum absolute atomic E-state index is 0.277. The van der Waals surface area contributed by atoms with Gasteiger partial charge in [-0.1, -0.05) is 23.2 Å². The zero-order valence-electron chi connectivity index (χ0n) is 10.0. The second kappa shape index (κ2) is 5.85. The van der Waals surface area contributed by atoms with Crippen LogP contribution in [-0.4, -0.2) is 17.0 Å². The molecule has 0 saturated carbocycles. The Labute approximate surface area is 126 Å². The molecular formula is C11H8Cl2F3N3S. The Bertz CT molecular complexity index is 615. The van der Waals surface area contributed by atoms with Crippen molar-refractivity contribution < 1.29 is 13.2 Å². The highest BCUT2D eigenvalue weighted by atomic mass is 35.5. The predicted octanol–water partition coefficient (Wildman–Crippen LogP) is 4.17. The molecule has 2 aromatic heterocycles.